The average molecular weight is 832 g/mol. The van der Waals surface area contributed by atoms with Crippen molar-refractivity contribution in [1.82, 2.24) is 0 Å². The van der Waals surface area contributed by atoms with Crippen LogP contribution < -0.4 is 4.89 Å². The van der Waals surface area contributed by atoms with Gasteiger partial charge in [-0.05, 0) is 12.8 Å². The molecule has 2 unspecified atom stereocenters. The first-order valence-electron chi connectivity index (χ1n) is 24.2. The van der Waals surface area contributed by atoms with Crippen molar-refractivity contribution in [2.45, 2.75) is 245 Å². The summed E-state index contributed by atoms with van der Waals surface area (Å²) in [5.41, 5.74) is 0. The van der Waals surface area contributed by atoms with Gasteiger partial charge in [0.15, 0.2) is 6.10 Å². The summed E-state index contributed by atoms with van der Waals surface area (Å²) in [6.07, 6.45) is 41.9. The Bertz CT molecular complexity index is 943. The van der Waals surface area contributed by atoms with Crippen molar-refractivity contribution in [3.8, 4) is 0 Å². The van der Waals surface area contributed by atoms with Crippen LogP contribution in [0, 0.1) is 0 Å². The van der Waals surface area contributed by atoms with E-state index in [0.29, 0.717) is 17.4 Å². The molecule has 57 heavy (non-hydrogen) atoms. The first-order valence-corrected chi connectivity index (χ1v) is 25.7. The van der Waals surface area contributed by atoms with Crippen LogP contribution in [0.25, 0.3) is 0 Å². The van der Waals surface area contributed by atoms with E-state index in [4.69, 9.17) is 18.5 Å². The van der Waals surface area contributed by atoms with Crippen molar-refractivity contribution in [2.75, 3.05) is 47.5 Å². The molecule has 0 fully saturated rings. The topological polar surface area (TPSA) is 111 Å². The maximum Gasteiger partial charge on any atom is 0.306 e. The van der Waals surface area contributed by atoms with Gasteiger partial charge in [-0.15, -0.1) is 0 Å². The van der Waals surface area contributed by atoms with Crippen molar-refractivity contribution in [3.63, 3.8) is 0 Å². The molecule has 0 aliphatic carbocycles. The zero-order valence-electron chi connectivity index (χ0n) is 38.3. The van der Waals surface area contributed by atoms with E-state index in [0.717, 1.165) is 38.5 Å². The van der Waals surface area contributed by atoms with E-state index in [1.165, 1.54) is 167 Å². The van der Waals surface area contributed by atoms with Gasteiger partial charge in [0.2, 0.25) is 0 Å². The minimum absolute atomic E-state index is 0.0262. The van der Waals surface area contributed by atoms with E-state index < -0.39 is 26.5 Å². The molecular formula is C47H94NO8P. The van der Waals surface area contributed by atoms with E-state index in [2.05, 4.69) is 13.8 Å². The van der Waals surface area contributed by atoms with Gasteiger partial charge >= 0.3 is 11.9 Å². The predicted octanol–water partition coefficient (Wildman–Crippen LogP) is 13.3. The largest absolute Gasteiger partial charge is 0.756 e. The number of likely N-dealkylation sites (N-methyl/N-ethyl adjacent to an activating group) is 1. The fraction of sp³-hybridized carbons (Fsp3) is 0.957. The van der Waals surface area contributed by atoms with Gasteiger partial charge in [0.25, 0.3) is 7.82 Å². The smallest absolute Gasteiger partial charge is 0.306 e. The third kappa shape index (κ3) is 44.4. The number of hydrogen-bond donors (Lipinski definition) is 0. The molecule has 0 spiro atoms. The second-order valence-electron chi connectivity index (χ2n) is 17.8. The number of phosphoric ester groups is 1. The number of carbonyl (C=O) groups is 2. The molecule has 0 aromatic rings. The molecule has 0 amide bonds. The number of rotatable bonds is 45. The highest BCUT2D eigenvalue weighted by Crippen LogP contribution is 2.38. The Balaban J connectivity index is 3.94. The van der Waals surface area contributed by atoms with E-state index in [1.54, 1.807) is 0 Å². The lowest BCUT2D eigenvalue weighted by molar-refractivity contribution is -0.870. The fourth-order valence-corrected chi connectivity index (χ4v) is 7.80. The van der Waals surface area contributed by atoms with Crippen LogP contribution in [0.4, 0.5) is 0 Å². The quantitative estimate of drug-likeness (QED) is 0.0258. The van der Waals surface area contributed by atoms with Crippen LogP contribution in [0.3, 0.4) is 0 Å². The molecule has 0 radical (unpaired) electrons. The number of carbonyl (C=O) groups excluding carboxylic acids is 2. The van der Waals surface area contributed by atoms with Crippen LogP contribution in [0.1, 0.15) is 239 Å². The number of ether oxygens (including phenoxy) is 2. The lowest BCUT2D eigenvalue weighted by Gasteiger charge is -2.28. The maximum absolute atomic E-state index is 12.6. The Morgan fingerprint density at radius 3 is 1.12 bits per heavy atom. The Kier molecular flexibility index (Phi) is 39.7. The van der Waals surface area contributed by atoms with Gasteiger partial charge in [-0.25, -0.2) is 0 Å². The average Bonchev–Trinajstić information content (AvgIpc) is 3.16. The summed E-state index contributed by atoms with van der Waals surface area (Å²) in [6.45, 7) is 4.20. The van der Waals surface area contributed by atoms with E-state index in [-0.39, 0.29) is 32.0 Å². The Morgan fingerprint density at radius 2 is 0.789 bits per heavy atom. The summed E-state index contributed by atoms with van der Waals surface area (Å²) in [5.74, 6) is -0.830. The number of esters is 2. The van der Waals surface area contributed by atoms with Gasteiger partial charge in [-0.1, -0.05) is 213 Å². The summed E-state index contributed by atoms with van der Waals surface area (Å²) < 4.78 is 33.8. The number of hydrogen-bond acceptors (Lipinski definition) is 8. The molecule has 340 valence electrons. The molecule has 0 N–H and O–H groups in total. The minimum Gasteiger partial charge on any atom is -0.756 e. The number of quaternary nitrogens is 1. The normalized spacial score (nSPS) is 13.4. The van der Waals surface area contributed by atoms with Crippen LogP contribution in [0.5, 0.6) is 0 Å². The van der Waals surface area contributed by atoms with Crippen LogP contribution in [-0.4, -0.2) is 70.0 Å². The van der Waals surface area contributed by atoms with E-state index >= 15 is 0 Å². The van der Waals surface area contributed by atoms with Gasteiger partial charge in [-0.2, -0.15) is 0 Å². The van der Waals surface area contributed by atoms with Gasteiger partial charge < -0.3 is 27.9 Å². The number of nitrogens with zero attached hydrogens (tertiary/aromatic N) is 1. The molecule has 2 atom stereocenters. The molecule has 0 aliphatic rings. The first-order chi connectivity index (χ1) is 27.5. The lowest BCUT2D eigenvalue weighted by atomic mass is 10.0. The summed E-state index contributed by atoms with van der Waals surface area (Å²) in [4.78, 5) is 37.3. The third-order valence-corrected chi connectivity index (χ3v) is 11.8. The van der Waals surface area contributed by atoms with Crippen molar-refractivity contribution >= 4 is 19.8 Å². The van der Waals surface area contributed by atoms with Crippen LogP contribution >= 0.6 is 7.82 Å². The van der Waals surface area contributed by atoms with Gasteiger partial charge in [-0.3, -0.25) is 14.2 Å². The van der Waals surface area contributed by atoms with Crippen molar-refractivity contribution in [3.05, 3.63) is 0 Å². The molecule has 0 rings (SSSR count). The van der Waals surface area contributed by atoms with Gasteiger partial charge in [0.05, 0.1) is 27.7 Å². The van der Waals surface area contributed by atoms with E-state index in [9.17, 15) is 19.0 Å². The Morgan fingerprint density at radius 1 is 0.474 bits per heavy atom. The molecule has 0 saturated heterocycles. The molecular weight excluding hydrogens is 737 g/mol. The zero-order chi connectivity index (χ0) is 42.1. The number of phosphoric acid groups is 1. The second kappa shape index (κ2) is 40.4. The summed E-state index contributed by atoms with van der Waals surface area (Å²) in [5, 5.41) is 0. The standard InChI is InChI=1S/C47H94NO8P/c1-6-8-10-12-14-15-16-17-18-19-20-21-22-23-24-25-26-27-28-29-30-31-32-33-34-36-38-40-47(50)56-45(43-53-46(49)39-37-35-13-11-9-7-2)44-55-57(51,52)54-42-41-48(3,4)5/h45H,6-44H2,1-5H3. The highest BCUT2D eigenvalue weighted by atomic mass is 31.2. The van der Waals surface area contributed by atoms with Gasteiger partial charge in [0.1, 0.15) is 19.8 Å². The fourth-order valence-electron chi connectivity index (χ4n) is 7.07. The van der Waals surface area contributed by atoms with Crippen molar-refractivity contribution in [2.24, 2.45) is 0 Å². The van der Waals surface area contributed by atoms with Crippen LogP contribution in [0.15, 0.2) is 0 Å². The highest BCUT2D eigenvalue weighted by Gasteiger charge is 2.21. The second-order valence-corrected chi connectivity index (χ2v) is 19.3. The minimum atomic E-state index is -4.61. The monoisotopic (exact) mass is 832 g/mol. The first kappa shape index (κ1) is 56.0. The zero-order valence-corrected chi connectivity index (χ0v) is 39.2. The van der Waals surface area contributed by atoms with Crippen LogP contribution in [-0.2, 0) is 32.7 Å². The molecule has 9 nitrogen and oxygen atoms in total. The molecule has 0 saturated carbocycles. The lowest BCUT2D eigenvalue weighted by Crippen LogP contribution is -2.37. The van der Waals surface area contributed by atoms with E-state index in [1.807, 2.05) is 21.1 Å². The molecule has 0 heterocycles. The Labute approximate surface area is 353 Å². The highest BCUT2D eigenvalue weighted by molar-refractivity contribution is 7.45. The molecule has 0 aromatic carbocycles. The summed E-state index contributed by atoms with van der Waals surface area (Å²) in [6, 6.07) is 0. The SMILES string of the molecule is CCCCCCCCCCCCCCCCCCCCCCCCCCCCCC(=O)OC(COC(=O)CCCCCCCC)COP(=O)([O-])OCC[N+](C)(C)C. The molecule has 0 aliphatic heterocycles. The maximum atomic E-state index is 12.6. The third-order valence-electron chi connectivity index (χ3n) is 10.9. The summed E-state index contributed by atoms with van der Waals surface area (Å²) >= 11 is 0. The number of unbranched alkanes of at least 4 members (excludes halogenated alkanes) is 31. The van der Waals surface area contributed by atoms with Crippen molar-refractivity contribution in [1.29, 1.82) is 0 Å². The molecule has 10 heteroatoms. The Hall–Kier alpha value is -0.990. The molecule has 0 bridgehead atoms. The van der Waals surface area contributed by atoms with Crippen LogP contribution in [0.2, 0.25) is 0 Å². The van der Waals surface area contributed by atoms with Gasteiger partial charge in [0, 0.05) is 12.8 Å². The van der Waals surface area contributed by atoms with Crippen molar-refractivity contribution < 1.29 is 42.1 Å². The summed E-state index contributed by atoms with van der Waals surface area (Å²) in [7, 11) is 1.18. The predicted molar refractivity (Wildman–Crippen MR) is 236 cm³/mol. The molecule has 0 aromatic heterocycles.